The van der Waals surface area contributed by atoms with Crippen molar-refractivity contribution >= 4 is 11.8 Å². The molecule has 0 radical (unpaired) electrons. The minimum Gasteiger partial charge on any atom is -0.354 e. The third-order valence-corrected chi connectivity index (χ3v) is 4.07. The fourth-order valence-electron chi connectivity index (χ4n) is 2.79. The number of carbonyl (C=O) groups is 2. The predicted molar refractivity (Wildman–Crippen MR) is 86.4 cm³/mol. The molecule has 2 amide bonds. The van der Waals surface area contributed by atoms with Gasteiger partial charge >= 0.3 is 0 Å². The van der Waals surface area contributed by atoms with Crippen LogP contribution in [0.4, 0.5) is 0 Å². The van der Waals surface area contributed by atoms with E-state index in [1.165, 1.54) is 12.5 Å². The second kappa shape index (κ2) is 7.94. The Bertz CT molecular complexity index is 504. The summed E-state index contributed by atoms with van der Waals surface area (Å²) in [6, 6.07) is 9.87. The van der Waals surface area contributed by atoms with Gasteiger partial charge in [-0.1, -0.05) is 30.3 Å². The number of carbonyl (C=O) groups excluding carboxylic acids is 2. The molecular weight excluding hydrogens is 278 g/mol. The highest BCUT2D eigenvalue weighted by Gasteiger charge is 2.32. The molecular formula is C17H25N3O2. The number of aryl methyl sites for hydroxylation is 1. The van der Waals surface area contributed by atoms with Gasteiger partial charge in [0.15, 0.2) is 0 Å². The minimum atomic E-state index is -0.368. The smallest absolute Gasteiger partial charge is 0.244 e. The molecule has 1 aliphatic heterocycles. The van der Waals surface area contributed by atoms with Crippen LogP contribution < -0.4 is 5.32 Å². The van der Waals surface area contributed by atoms with Crippen molar-refractivity contribution in [1.82, 2.24) is 15.1 Å². The first-order valence-corrected chi connectivity index (χ1v) is 7.85. The van der Waals surface area contributed by atoms with E-state index < -0.39 is 0 Å². The predicted octanol–water partition coefficient (Wildman–Crippen LogP) is 0.898. The molecule has 0 unspecified atom stereocenters. The zero-order valence-corrected chi connectivity index (χ0v) is 13.4. The second-order valence-electron chi connectivity index (χ2n) is 5.87. The van der Waals surface area contributed by atoms with Crippen LogP contribution in [0.15, 0.2) is 30.3 Å². The van der Waals surface area contributed by atoms with Gasteiger partial charge in [-0.3, -0.25) is 9.59 Å². The van der Waals surface area contributed by atoms with E-state index in [9.17, 15) is 9.59 Å². The van der Waals surface area contributed by atoms with Crippen molar-refractivity contribution in [2.75, 3.05) is 33.2 Å². The summed E-state index contributed by atoms with van der Waals surface area (Å²) in [5.41, 5.74) is 1.28. The molecule has 1 heterocycles. The molecule has 0 aliphatic carbocycles. The number of nitrogens with zero attached hydrogens (tertiary/aromatic N) is 2. The number of amides is 2. The molecule has 2 rings (SSSR count). The Morgan fingerprint density at radius 2 is 1.95 bits per heavy atom. The normalized spacial score (nSPS) is 19.0. The van der Waals surface area contributed by atoms with Gasteiger partial charge in [-0.05, 0) is 25.5 Å². The van der Waals surface area contributed by atoms with Crippen molar-refractivity contribution in [2.45, 2.75) is 25.8 Å². The summed E-state index contributed by atoms with van der Waals surface area (Å²) in [5.74, 6) is -0.0765. The lowest BCUT2D eigenvalue weighted by Gasteiger charge is -2.38. The lowest BCUT2D eigenvalue weighted by molar-refractivity contribution is -0.142. The molecule has 1 aromatic rings. The summed E-state index contributed by atoms with van der Waals surface area (Å²) in [6.45, 7) is 4.20. The molecule has 120 valence electrons. The summed E-state index contributed by atoms with van der Waals surface area (Å²) in [6.07, 6.45) is 1.85. The zero-order valence-electron chi connectivity index (χ0n) is 13.4. The minimum absolute atomic E-state index is 0.0301. The summed E-state index contributed by atoms with van der Waals surface area (Å²) in [4.78, 5) is 27.8. The average molecular weight is 303 g/mol. The Morgan fingerprint density at radius 1 is 1.23 bits per heavy atom. The fraction of sp³-hybridized carbons (Fsp3) is 0.529. The molecule has 5 heteroatoms. The fourth-order valence-corrected chi connectivity index (χ4v) is 2.79. The highest BCUT2D eigenvalue weighted by molar-refractivity contribution is 5.87. The largest absolute Gasteiger partial charge is 0.354 e. The van der Waals surface area contributed by atoms with Crippen molar-refractivity contribution < 1.29 is 9.59 Å². The first kappa shape index (κ1) is 16.5. The third kappa shape index (κ3) is 4.56. The Kier molecular flexibility index (Phi) is 5.95. The average Bonchev–Trinajstić information content (AvgIpc) is 2.52. The van der Waals surface area contributed by atoms with Crippen LogP contribution in [0.3, 0.4) is 0 Å². The van der Waals surface area contributed by atoms with Crippen LogP contribution >= 0.6 is 0 Å². The molecule has 1 saturated heterocycles. The first-order chi connectivity index (χ1) is 10.6. The lowest BCUT2D eigenvalue weighted by Crippen LogP contribution is -2.59. The summed E-state index contributed by atoms with van der Waals surface area (Å²) in [7, 11) is 1.98. The Hall–Kier alpha value is -1.88. The highest BCUT2D eigenvalue weighted by atomic mass is 16.2. The van der Waals surface area contributed by atoms with Gasteiger partial charge in [0.1, 0.15) is 6.04 Å². The molecule has 0 aromatic heterocycles. The molecule has 1 N–H and O–H groups in total. The Balaban J connectivity index is 1.78. The molecule has 0 saturated carbocycles. The molecule has 5 nitrogen and oxygen atoms in total. The summed E-state index contributed by atoms with van der Waals surface area (Å²) in [5, 5.41) is 2.97. The van der Waals surface area contributed by atoms with Crippen LogP contribution in [0.1, 0.15) is 18.9 Å². The number of piperazine rings is 1. The van der Waals surface area contributed by atoms with Crippen molar-refractivity contribution in [3.63, 3.8) is 0 Å². The SMILES string of the molecule is CC(=O)N1CCN(C)C[C@@H]1C(=O)NCCCc1ccccc1. The molecule has 0 bridgehead atoms. The van der Waals surface area contributed by atoms with Crippen LogP contribution in [0.5, 0.6) is 0 Å². The van der Waals surface area contributed by atoms with Crippen molar-refractivity contribution in [3.05, 3.63) is 35.9 Å². The topological polar surface area (TPSA) is 52.7 Å². The standard InChI is InChI=1S/C17H25N3O2/c1-14(21)20-12-11-19(2)13-16(20)17(22)18-10-6-9-15-7-4-3-5-8-15/h3-5,7-8,16H,6,9-13H2,1-2H3,(H,18,22)/t16-/m1/s1. The number of hydrogen-bond acceptors (Lipinski definition) is 3. The van der Waals surface area contributed by atoms with Gasteiger partial charge < -0.3 is 15.1 Å². The molecule has 1 atom stereocenters. The van der Waals surface area contributed by atoms with Crippen molar-refractivity contribution in [3.8, 4) is 0 Å². The van der Waals surface area contributed by atoms with E-state index in [1.807, 2.05) is 25.2 Å². The maximum absolute atomic E-state index is 12.3. The van der Waals surface area contributed by atoms with Crippen LogP contribution in [0.25, 0.3) is 0 Å². The van der Waals surface area contributed by atoms with E-state index in [2.05, 4.69) is 22.3 Å². The quantitative estimate of drug-likeness (QED) is 0.822. The van der Waals surface area contributed by atoms with E-state index in [4.69, 9.17) is 0 Å². The zero-order chi connectivity index (χ0) is 15.9. The van der Waals surface area contributed by atoms with Gasteiger partial charge in [0.2, 0.25) is 11.8 Å². The Labute approximate surface area is 132 Å². The number of nitrogens with one attached hydrogen (secondary N) is 1. The van der Waals surface area contributed by atoms with Gasteiger partial charge in [0, 0.05) is 33.1 Å². The van der Waals surface area contributed by atoms with Crippen molar-refractivity contribution in [2.24, 2.45) is 0 Å². The van der Waals surface area contributed by atoms with Crippen LogP contribution in [0.2, 0.25) is 0 Å². The molecule has 0 spiro atoms. The molecule has 1 fully saturated rings. The molecule has 22 heavy (non-hydrogen) atoms. The van der Waals surface area contributed by atoms with Gasteiger partial charge in [-0.15, -0.1) is 0 Å². The maximum Gasteiger partial charge on any atom is 0.244 e. The van der Waals surface area contributed by atoms with E-state index in [0.717, 1.165) is 19.4 Å². The van der Waals surface area contributed by atoms with E-state index >= 15 is 0 Å². The highest BCUT2D eigenvalue weighted by Crippen LogP contribution is 2.09. The van der Waals surface area contributed by atoms with Crippen molar-refractivity contribution in [1.29, 1.82) is 0 Å². The third-order valence-electron chi connectivity index (χ3n) is 4.07. The number of hydrogen-bond donors (Lipinski definition) is 1. The van der Waals surface area contributed by atoms with E-state index in [0.29, 0.717) is 19.6 Å². The summed E-state index contributed by atoms with van der Waals surface area (Å²) >= 11 is 0. The van der Waals surface area contributed by atoms with Gasteiger partial charge in [-0.2, -0.15) is 0 Å². The molecule has 1 aliphatic rings. The first-order valence-electron chi connectivity index (χ1n) is 7.85. The maximum atomic E-state index is 12.3. The lowest BCUT2D eigenvalue weighted by atomic mass is 10.1. The van der Waals surface area contributed by atoms with Gasteiger partial charge in [0.25, 0.3) is 0 Å². The van der Waals surface area contributed by atoms with Crippen LogP contribution in [-0.2, 0) is 16.0 Å². The van der Waals surface area contributed by atoms with E-state index in [-0.39, 0.29) is 17.9 Å². The van der Waals surface area contributed by atoms with Gasteiger partial charge in [0.05, 0.1) is 0 Å². The number of benzene rings is 1. The monoisotopic (exact) mass is 303 g/mol. The number of likely N-dealkylation sites (N-methyl/N-ethyl adjacent to an activating group) is 1. The van der Waals surface area contributed by atoms with E-state index in [1.54, 1.807) is 4.90 Å². The van der Waals surface area contributed by atoms with Crippen LogP contribution in [0, 0.1) is 0 Å². The summed E-state index contributed by atoms with van der Waals surface area (Å²) < 4.78 is 0. The van der Waals surface area contributed by atoms with Crippen LogP contribution in [-0.4, -0.2) is 60.9 Å². The van der Waals surface area contributed by atoms with Gasteiger partial charge in [-0.25, -0.2) is 0 Å². The number of rotatable bonds is 5. The molecule has 1 aromatic carbocycles. The second-order valence-corrected chi connectivity index (χ2v) is 5.87. The Morgan fingerprint density at radius 3 is 2.64 bits per heavy atom.